The summed E-state index contributed by atoms with van der Waals surface area (Å²) in [5, 5.41) is 12.6. The second-order valence-corrected chi connectivity index (χ2v) is 3.84. The summed E-state index contributed by atoms with van der Waals surface area (Å²) in [6.45, 7) is 1.65. The highest BCUT2D eigenvalue weighted by Crippen LogP contribution is 2.10. The van der Waals surface area contributed by atoms with Crippen LogP contribution in [-0.2, 0) is 4.79 Å². The van der Waals surface area contributed by atoms with E-state index in [2.05, 4.69) is 15.3 Å². The monoisotopic (exact) mass is 246 g/mol. The number of hydrogen-bond donors (Lipinski definition) is 0. The van der Waals surface area contributed by atoms with Crippen LogP contribution in [-0.4, -0.2) is 28.3 Å². The summed E-state index contributed by atoms with van der Waals surface area (Å²) in [7, 11) is 0. The van der Waals surface area contributed by atoms with Gasteiger partial charge in [0.1, 0.15) is 6.04 Å². The van der Waals surface area contributed by atoms with E-state index in [1.54, 1.807) is 13.1 Å². The number of rotatable bonds is 2. The summed E-state index contributed by atoms with van der Waals surface area (Å²) in [6.07, 6.45) is 1.57. The van der Waals surface area contributed by atoms with E-state index in [1.807, 2.05) is 30.3 Å². The van der Waals surface area contributed by atoms with Crippen LogP contribution in [0.2, 0.25) is 0 Å². The van der Waals surface area contributed by atoms with E-state index in [0.29, 0.717) is 0 Å². The average molecular weight is 246 g/mol. The van der Waals surface area contributed by atoms with Gasteiger partial charge in [0.15, 0.2) is 0 Å². The number of hydrogen-bond acceptors (Lipinski definition) is 4. The predicted molar refractivity (Wildman–Crippen MR) is 67.8 cm³/mol. The van der Waals surface area contributed by atoms with Gasteiger partial charge in [0.25, 0.3) is 5.91 Å². The van der Waals surface area contributed by atoms with Gasteiger partial charge in [-0.2, -0.15) is 15.2 Å². The minimum absolute atomic E-state index is 0.0697. The zero-order valence-electron chi connectivity index (χ0n) is 9.15. The van der Waals surface area contributed by atoms with Crippen LogP contribution < -0.4 is 0 Å². The van der Waals surface area contributed by atoms with Crippen molar-refractivity contribution in [3.05, 3.63) is 35.9 Å². The zero-order chi connectivity index (χ0) is 12.3. The second kappa shape index (κ2) is 4.92. The Bertz CT molecular complexity index is 497. The molecule has 1 aliphatic rings. The molecule has 0 fully saturated rings. The summed E-state index contributed by atoms with van der Waals surface area (Å²) in [6, 6.07) is 8.91. The van der Waals surface area contributed by atoms with Crippen molar-refractivity contribution in [2.45, 2.75) is 13.0 Å². The lowest BCUT2D eigenvalue weighted by Crippen LogP contribution is -2.39. The first-order valence-corrected chi connectivity index (χ1v) is 5.47. The van der Waals surface area contributed by atoms with Crippen molar-refractivity contribution in [1.29, 1.82) is 0 Å². The van der Waals surface area contributed by atoms with Crippen molar-refractivity contribution in [3.63, 3.8) is 0 Å². The minimum Gasteiger partial charge on any atom is -0.270 e. The maximum absolute atomic E-state index is 11.7. The highest BCUT2D eigenvalue weighted by atomic mass is 32.1. The van der Waals surface area contributed by atoms with Crippen molar-refractivity contribution < 1.29 is 4.79 Å². The van der Waals surface area contributed by atoms with E-state index < -0.39 is 6.04 Å². The molecule has 1 heterocycles. The van der Waals surface area contributed by atoms with E-state index in [9.17, 15) is 4.79 Å². The summed E-state index contributed by atoms with van der Waals surface area (Å²) in [5.41, 5.74) is 0.887. The largest absolute Gasteiger partial charge is 0.275 e. The molecule has 1 aromatic carbocycles. The number of amides is 1. The normalized spacial score (nSPS) is 20.3. The van der Waals surface area contributed by atoms with Crippen LogP contribution in [0.3, 0.4) is 0 Å². The van der Waals surface area contributed by atoms with Gasteiger partial charge < -0.3 is 0 Å². The smallest absolute Gasteiger partial charge is 0.270 e. The Hall–Kier alpha value is -1.95. The van der Waals surface area contributed by atoms with E-state index in [1.165, 1.54) is 0 Å². The number of benzene rings is 1. The number of azo groups is 1. The molecular formula is C11H10N4OS. The van der Waals surface area contributed by atoms with Crippen LogP contribution in [0.15, 0.2) is 45.7 Å². The molecule has 86 valence electrons. The van der Waals surface area contributed by atoms with Gasteiger partial charge >= 0.3 is 0 Å². The quantitative estimate of drug-likeness (QED) is 0.592. The number of carbonyl (C=O) groups is 1. The molecule has 0 aromatic heterocycles. The Balaban J connectivity index is 2.19. The van der Waals surface area contributed by atoms with Gasteiger partial charge in [0.2, 0.25) is 5.11 Å². The lowest BCUT2D eigenvalue weighted by atomic mass is 10.2. The summed E-state index contributed by atoms with van der Waals surface area (Å²) in [5.74, 6) is -0.266. The molecule has 1 unspecified atom stereocenters. The van der Waals surface area contributed by atoms with Crippen molar-refractivity contribution in [2.75, 3.05) is 0 Å². The molecule has 6 heteroatoms. The summed E-state index contributed by atoms with van der Waals surface area (Å²) in [4.78, 5) is 11.7. The van der Waals surface area contributed by atoms with E-state index in [4.69, 9.17) is 12.2 Å². The Morgan fingerprint density at radius 1 is 1.41 bits per heavy atom. The minimum atomic E-state index is -0.533. The summed E-state index contributed by atoms with van der Waals surface area (Å²) >= 11 is 4.90. The topological polar surface area (TPSA) is 57.4 Å². The zero-order valence-corrected chi connectivity index (χ0v) is 9.96. The van der Waals surface area contributed by atoms with E-state index >= 15 is 0 Å². The Morgan fingerprint density at radius 2 is 2.12 bits per heavy atom. The van der Waals surface area contributed by atoms with Crippen molar-refractivity contribution in [2.24, 2.45) is 15.3 Å². The van der Waals surface area contributed by atoms with Gasteiger partial charge in [-0.3, -0.25) is 4.79 Å². The van der Waals surface area contributed by atoms with Crippen LogP contribution in [0.25, 0.3) is 0 Å². The number of carbonyl (C=O) groups excluding carboxylic acids is 1. The lowest BCUT2D eigenvalue weighted by molar-refractivity contribution is -0.128. The van der Waals surface area contributed by atoms with Crippen LogP contribution >= 0.6 is 12.2 Å². The maximum Gasteiger partial charge on any atom is 0.275 e. The SMILES string of the molecule is CC1N=NC(=S)N(/N=C/c2ccccc2)C1=O. The molecule has 1 atom stereocenters. The molecule has 0 saturated heterocycles. The number of hydrazone groups is 1. The van der Waals surface area contributed by atoms with Gasteiger partial charge in [0, 0.05) is 0 Å². The third-order valence-corrected chi connectivity index (χ3v) is 2.44. The maximum atomic E-state index is 11.7. The Morgan fingerprint density at radius 3 is 2.82 bits per heavy atom. The second-order valence-electron chi connectivity index (χ2n) is 3.48. The third kappa shape index (κ3) is 2.59. The molecule has 0 radical (unpaired) electrons. The van der Waals surface area contributed by atoms with Crippen LogP contribution in [0.1, 0.15) is 12.5 Å². The molecule has 0 spiro atoms. The molecule has 1 amide bonds. The third-order valence-electron chi connectivity index (χ3n) is 2.19. The summed E-state index contributed by atoms with van der Waals surface area (Å²) < 4.78 is 0. The first-order chi connectivity index (χ1) is 8.18. The lowest BCUT2D eigenvalue weighted by Gasteiger charge is -2.19. The Kier molecular flexibility index (Phi) is 3.34. The molecule has 0 aliphatic carbocycles. The first-order valence-electron chi connectivity index (χ1n) is 5.06. The molecule has 0 N–H and O–H groups in total. The molecular weight excluding hydrogens is 236 g/mol. The van der Waals surface area contributed by atoms with Gasteiger partial charge in [-0.15, -0.1) is 5.11 Å². The van der Waals surface area contributed by atoms with E-state index in [-0.39, 0.29) is 11.0 Å². The molecule has 2 rings (SSSR count). The Labute approximate surface area is 104 Å². The highest BCUT2D eigenvalue weighted by Gasteiger charge is 2.27. The van der Waals surface area contributed by atoms with Crippen molar-refractivity contribution >= 4 is 29.5 Å². The van der Waals surface area contributed by atoms with Gasteiger partial charge in [-0.1, -0.05) is 30.3 Å². The van der Waals surface area contributed by atoms with Gasteiger partial charge in [0.05, 0.1) is 6.21 Å². The number of thiocarbonyl (C=S) groups is 1. The molecule has 1 aliphatic heterocycles. The predicted octanol–water partition coefficient (Wildman–Crippen LogP) is 1.99. The van der Waals surface area contributed by atoms with Gasteiger partial charge in [-0.25, -0.2) is 0 Å². The fourth-order valence-electron chi connectivity index (χ4n) is 1.27. The first kappa shape index (κ1) is 11.5. The van der Waals surface area contributed by atoms with Crippen LogP contribution in [0, 0.1) is 0 Å². The standard InChI is InChI=1S/C11H10N4OS/c1-8-10(16)15(11(17)14-13-8)12-7-9-5-3-2-4-6-9/h2-8H,1H3/b12-7+. The average Bonchev–Trinajstić information content (AvgIpc) is 2.35. The van der Waals surface area contributed by atoms with Crippen LogP contribution in [0.4, 0.5) is 0 Å². The molecule has 0 bridgehead atoms. The van der Waals surface area contributed by atoms with E-state index in [0.717, 1.165) is 10.6 Å². The highest BCUT2D eigenvalue weighted by molar-refractivity contribution is 7.80. The van der Waals surface area contributed by atoms with Gasteiger partial charge in [-0.05, 0) is 24.7 Å². The fraction of sp³-hybridized carbons (Fsp3) is 0.182. The molecule has 0 saturated carbocycles. The molecule has 17 heavy (non-hydrogen) atoms. The fourth-order valence-corrected chi connectivity index (χ4v) is 1.45. The number of nitrogens with zero attached hydrogens (tertiary/aromatic N) is 4. The van der Waals surface area contributed by atoms with Crippen molar-refractivity contribution in [3.8, 4) is 0 Å². The van der Waals surface area contributed by atoms with Crippen LogP contribution in [0.5, 0.6) is 0 Å². The molecule has 5 nitrogen and oxygen atoms in total. The van der Waals surface area contributed by atoms with Crippen molar-refractivity contribution in [1.82, 2.24) is 5.01 Å². The molecule has 1 aromatic rings.